The van der Waals surface area contributed by atoms with Crippen molar-refractivity contribution in [3.05, 3.63) is 29.8 Å². The fourth-order valence-corrected chi connectivity index (χ4v) is 3.40. The number of ether oxygens (including phenoxy) is 2. The molecular weight excluding hydrogens is 322 g/mol. The van der Waals surface area contributed by atoms with Gasteiger partial charge in [-0.25, -0.2) is 0 Å². The van der Waals surface area contributed by atoms with E-state index in [9.17, 15) is 9.59 Å². The van der Waals surface area contributed by atoms with Crippen molar-refractivity contribution in [3.8, 4) is 5.75 Å². The van der Waals surface area contributed by atoms with Crippen LogP contribution in [0.1, 0.15) is 23.2 Å². The number of rotatable bonds is 4. The minimum atomic E-state index is -0.547. The van der Waals surface area contributed by atoms with Crippen molar-refractivity contribution in [2.45, 2.75) is 18.4 Å². The summed E-state index contributed by atoms with van der Waals surface area (Å²) in [4.78, 5) is 27.9. The average molecular weight is 347 g/mol. The first-order valence-electron chi connectivity index (χ1n) is 8.60. The summed E-state index contributed by atoms with van der Waals surface area (Å²) in [5.74, 6) is -0.118. The molecule has 0 aliphatic carbocycles. The van der Waals surface area contributed by atoms with Crippen LogP contribution in [0, 0.1) is 0 Å². The van der Waals surface area contributed by atoms with E-state index in [1.807, 2.05) is 4.90 Å². The molecule has 7 nitrogen and oxygen atoms in total. The van der Waals surface area contributed by atoms with Crippen LogP contribution in [0.2, 0.25) is 0 Å². The summed E-state index contributed by atoms with van der Waals surface area (Å²) in [7, 11) is 2.11. The number of benzene rings is 1. The predicted molar refractivity (Wildman–Crippen MR) is 92.4 cm³/mol. The van der Waals surface area contributed by atoms with E-state index in [1.54, 1.807) is 24.3 Å². The summed E-state index contributed by atoms with van der Waals surface area (Å²) in [6.07, 6.45) is 1.88. The molecule has 0 saturated carbocycles. The minimum Gasteiger partial charge on any atom is -0.484 e. The van der Waals surface area contributed by atoms with Crippen molar-refractivity contribution >= 4 is 11.8 Å². The lowest BCUT2D eigenvalue weighted by Gasteiger charge is -2.46. The van der Waals surface area contributed by atoms with Gasteiger partial charge < -0.3 is 25.0 Å². The Bertz CT molecular complexity index is 641. The third-order valence-corrected chi connectivity index (χ3v) is 4.90. The maximum absolute atomic E-state index is 12.9. The van der Waals surface area contributed by atoms with Gasteiger partial charge in [0, 0.05) is 25.2 Å². The van der Waals surface area contributed by atoms with Crippen LogP contribution in [0.3, 0.4) is 0 Å². The summed E-state index contributed by atoms with van der Waals surface area (Å²) in [6.45, 7) is 3.53. The van der Waals surface area contributed by atoms with Crippen LogP contribution in [0.4, 0.5) is 0 Å². The standard InChI is InChI=1S/C18H25N3O4/c1-20-7-5-18(6-8-20)13-21(9-10-25-18)17(23)14-3-2-4-15(11-14)24-12-16(19)22/h2-4,11H,5-10,12-13H2,1H3,(H2,19,22). The molecule has 0 atom stereocenters. The number of carbonyl (C=O) groups is 2. The first-order valence-corrected chi connectivity index (χ1v) is 8.60. The van der Waals surface area contributed by atoms with Crippen molar-refractivity contribution in [3.63, 3.8) is 0 Å². The van der Waals surface area contributed by atoms with Gasteiger partial charge in [0.1, 0.15) is 5.75 Å². The van der Waals surface area contributed by atoms with E-state index < -0.39 is 5.91 Å². The highest BCUT2D eigenvalue weighted by atomic mass is 16.5. The Morgan fingerprint density at radius 1 is 1.28 bits per heavy atom. The van der Waals surface area contributed by atoms with Crippen LogP contribution >= 0.6 is 0 Å². The third kappa shape index (κ3) is 4.29. The normalized spacial score (nSPS) is 20.4. The van der Waals surface area contributed by atoms with Gasteiger partial charge in [0.25, 0.3) is 11.8 Å². The lowest BCUT2D eigenvalue weighted by Crippen LogP contribution is -2.57. The second-order valence-electron chi connectivity index (χ2n) is 6.84. The molecule has 0 unspecified atom stereocenters. The molecule has 2 heterocycles. The summed E-state index contributed by atoms with van der Waals surface area (Å²) in [6, 6.07) is 6.87. The molecule has 2 aliphatic rings. The van der Waals surface area contributed by atoms with E-state index in [0.717, 1.165) is 25.9 Å². The van der Waals surface area contributed by atoms with Crippen LogP contribution < -0.4 is 10.5 Å². The molecule has 3 rings (SSSR count). The first-order chi connectivity index (χ1) is 12.0. The van der Waals surface area contributed by atoms with Crippen molar-refractivity contribution in [2.24, 2.45) is 5.73 Å². The van der Waals surface area contributed by atoms with Gasteiger partial charge in [-0.1, -0.05) is 6.07 Å². The molecule has 136 valence electrons. The Hall–Kier alpha value is -2.12. The lowest BCUT2D eigenvalue weighted by atomic mass is 9.89. The fraction of sp³-hybridized carbons (Fsp3) is 0.556. The van der Waals surface area contributed by atoms with Gasteiger partial charge in [-0.3, -0.25) is 9.59 Å². The van der Waals surface area contributed by atoms with E-state index in [0.29, 0.717) is 31.0 Å². The Labute approximate surface area is 147 Å². The SMILES string of the molecule is CN1CCC2(CC1)CN(C(=O)c1cccc(OCC(N)=O)c1)CCO2. The van der Waals surface area contributed by atoms with E-state index in [-0.39, 0.29) is 18.1 Å². The molecule has 2 fully saturated rings. The summed E-state index contributed by atoms with van der Waals surface area (Å²) in [5, 5.41) is 0. The number of likely N-dealkylation sites (tertiary alicyclic amines) is 1. The molecule has 0 bridgehead atoms. The molecule has 2 amide bonds. The van der Waals surface area contributed by atoms with E-state index >= 15 is 0 Å². The topological polar surface area (TPSA) is 85.1 Å². The van der Waals surface area contributed by atoms with Gasteiger partial charge in [0.2, 0.25) is 0 Å². The molecule has 2 N–H and O–H groups in total. The molecular formula is C18H25N3O4. The van der Waals surface area contributed by atoms with E-state index in [1.165, 1.54) is 0 Å². The van der Waals surface area contributed by atoms with Gasteiger partial charge in [0.15, 0.2) is 6.61 Å². The smallest absolute Gasteiger partial charge is 0.255 e. The second-order valence-corrected chi connectivity index (χ2v) is 6.84. The number of piperidine rings is 1. The van der Waals surface area contributed by atoms with Gasteiger partial charge in [-0.2, -0.15) is 0 Å². The first kappa shape index (κ1) is 17.7. The number of amides is 2. The third-order valence-electron chi connectivity index (χ3n) is 4.90. The molecule has 7 heteroatoms. The second kappa shape index (κ2) is 7.41. The largest absolute Gasteiger partial charge is 0.484 e. The van der Waals surface area contributed by atoms with Crippen molar-refractivity contribution < 1.29 is 19.1 Å². The van der Waals surface area contributed by atoms with Gasteiger partial charge in [-0.05, 0) is 38.1 Å². The van der Waals surface area contributed by atoms with Crippen LogP contribution in [0.25, 0.3) is 0 Å². The number of morpholine rings is 1. The average Bonchev–Trinajstić information content (AvgIpc) is 2.62. The monoisotopic (exact) mass is 347 g/mol. The summed E-state index contributed by atoms with van der Waals surface area (Å²) in [5.41, 5.74) is 5.41. The van der Waals surface area contributed by atoms with E-state index in [2.05, 4.69) is 11.9 Å². The van der Waals surface area contributed by atoms with E-state index in [4.69, 9.17) is 15.2 Å². The number of hydrogen-bond acceptors (Lipinski definition) is 5. The number of nitrogens with zero attached hydrogens (tertiary/aromatic N) is 2. The van der Waals surface area contributed by atoms with Crippen LogP contribution in [0.15, 0.2) is 24.3 Å². The maximum Gasteiger partial charge on any atom is 0.255 e. The number of hydrogen-bond donors (Lipinski definition) is 1. The molecule has 0 aromatic heterocycles. The predicted octanol–water partition coefficient (Wildman–Crippen LogP) is 0.488. The van der Waals surface area contributed by atoms with Crippen molar-refractivity contribution in [1.29, 1.82) is 0 Å². The fourth-order valence-electron chi connectivity index (χ4n) is 3.40. The minimum absolute atomic E-state index is 0.0360. The Kier molecular flexibility index (Phi) is 5.24. The zero-order valence-electron chi connectivity index (χ0n) is 14.6. The molecule has 25 heavy (non-hydrogen) atoms. The number of nitrogens with two attached hydrogens (primary N) is 1. The maximum atomic E-state index is 12.9. The Morgan fingerprint density at radius 2 is 2.04 bits per heavy atom. The van der Waals surface area contributed by atoms with Gasteiger partial charge in [0.05, 0.1) is 18.8 Å². The Balaban J connectivity index is 1.68. The zero-order valence-corrected chi connectivity index (χ0v) is 14.6. The highest BCUT2D eigenvalue weighted by Gasteiger charge is 2.40. The molecule has 1 spiro atoms. The quantitative estimate of drug-likeness (QED) is 0.857. The van der Waals surface area contributed by atoms with Gasteiger partial charge in [-0.15, -0.1) is 0 Å². The van der Waals surface area contributed by atoms with Crippen molar-refractivity contribution in [1.82, 2.24) is 9.80 Å². The molecule has 2 aliphatic heterocycles. The number of primary amides is 1. The highest BCUT2D eigenvalue weighted by molar-refractivity contribution is 5.94. The molecule has 1 aromatic rings. The molecule has 1 aromatic carbocycles. The lowest BCUT2D eigenvalue weighted by molar-refractivity contribution is -0.125. The molecule has 0 radical (unpaired) electrons. The van der Waals surface area contributed by atoms with Crippen molar-refractivity contribution in [2.75, 3.05) is 46.4 Å². The molecule has 2 saturated heterocycles. The van der Waals surface area contributed by atoms with Crippen LogP contribution in [-0.4, -0.2) is 73.7 Å². The van der Waals surface area contributed by atoms with Crippen LogP contribution in [0.5, 0.6) is 5.75 Å². The summed E-state index contributed by atoms with van der Waals surface area (Å²) >= 11 is 0. The highest BCUT2D eigenvalue weighted by Crippen LogP contribution is 2.30. The van der Waals surface area contributed by atoms with Gasteiger partial charge >= 0.3 is 0 Å². The summed E-state index contributed by atoms with van der Waals surface area (Å²) < 4.78 is 11.4. The Morgan fingerprint density at radius 3 is 2.76 bits per heavy atom. The number of carbonyl (C=O) groups excluding carboxylic acids is 2. The van der Waals surface area contributed by atoms with Crippen LogP contribution in [-0.2, 0) is 9.53 Å². The zero-order chi connectivity index (χ0) is 17.9.